The van der Waals surface area contributed by atoms with E-state index in [1.54, 1.807) is 7.11 Å². The Kier molecular flexibility index (Phi) is 5.80. The summed E-state index contributed by atoms with van der Waals surface area (Å²) < 4.78 is 12.6. The molecule has 0 atom stereocenters. The zero-order valence-electron chi connectivity index (χ0n) is 18.5. The zero-order chi connectivity index (χ0) is 22.2. The van der Waals surface area contributed by atoms with Gasteiger partial charge in [-0.15, -0.1) is 0 Å². The van der Waals surface area contributed by atoms with Crippen LogP contribution in [0.2, 0.25) is 0 Å². The third-order valence-corrected chi connectivity index (χ3v) is 5.93. The number of aryl methyl sites for hydroxylation is 1. The molecule has 0 aliphatic rings. The summed E-state index contributed by atoms with van der Waals surface area (Å²) in [5, 5.41) is 0. The van der Waals surface area contributed by atoms with E-state index in [0.717, 1.165) is 32.5 Å². The molecule has 0 bridgehead atoms. The van der Waals surface area contributed by atoms with Crippen LogP contribution in [0.4, 0.5) is 0 Å². The molecule has 0 unspecified atom stereocenters. The number of rotatable bonds is 5. The van der Waals surface area contributed by atoms with Gasteiger partial charge in [0.15, 0.2) is 11.5 Å². The molecule has 4 nitrogen and oxygen atoms in total. The molecule has 1 heterocycles. The molecule has 3 aromatic carbocycles. The molecule has 0 spiro atoms. The van der Waals surface area contributed by atoms with Crippen molar-refractivity contribution in [2.75, 3.05) is 7.11 Å². The highest BCUT2D eigenvalue weighted by Gasteiger charge is 2.16. The Hall–Kier alpha value is -2.79. The highest BCUT2D eigenvalue weighted by atomic mass is 79.9. The third-order valence-electron chi connectivity index (χ3n) is 5.34. The first-order chi connectivity index (χ1) is 14.7. The fourth-order valence-corrected chi connectivity index (χ4v) is 4.07. The molecule has 1 aromatic heterocycles. The van der Waals surface area contributed by atoms with E-state index in [1.165, 1.54) is 11.1 Å². The number of fused-ring (bicyclic) bond motifs is 1. The summed E-state index contributed by atoms with van der Waals surface area (Å²) in [4.78, 5) is 8.12. The number of H-pyrrole nitrogens is 1. The van der Waals surface area contributed by atoms with Crippen molar-refractivity contribution < 1.29 is 9.47 Å². The fourth-order valence-electron chi connectivity index (χ4n) is 3.51. The minimum Gasteiger partial charge on any atom is -0.493 e. The predicted molar refractivity (Wildman–Crippen MR) is 130 cm³/mol. The van der Waals surface area contributed by atoms with E-state index < -0.39 is 0 Å². The van der Waals surface area contributed by atoms with E-state index in [2.05, 4.69) is 85.0 Å². The Morgan fingerprint density at radius 1 is 1.00 bits per heavy atom. The van der Waals surface area contributed by atoms with Gasteiger partial charge >= 0.3 is 0 Å². The minimum absolute atomic E-state index is 0.136. The van der Waals surface area contributed by atoms with Gasteiger partial charge < -0.3 is 14.5 Å². The monoisotopic (exact) mass is 478 g/mol. The second-order valence-corrected chi connectivity index (χ2v) is 9.69. The molecule has 1 N–H and O–H groups in total. The fraction of sp³-hybridized carbons (Fsp3) is 0.269. The van der Waals surface area contributed by atoms with E-state index in [4.69, 9.17) is 14.5 Å². The molecule has 0 saturated heterocycles. The molecule has 160 valence electrons. The lowest BCUT2D eigenvalue weighted by Gasteiger charge is -2.19. The highest BCUT2D eigenvalue weighted by Crippen LogP contribution is 2.40. The largest absolute Gasteiger partial charge is 0.493 e. The lowest BCUT2D eigenvalue weighted by atomic mass is 9.87. The van der Waals surface area contributed by atoms with Crippen molar-refractivity contribution in [2.45, 2.75) is 39.7 Å². The molecular weight excluding hydrogens is 452 g/mol. The van der Waals surface area contributed by atoms with Gasteiger partial charge in [0.25, 0.3) is 0 Å². The topological polar surface area (TPSA) is 47.1 Å². The quantitative estimate of drug-likeness (QED) is 0.330. The van der Waals surface area contributed by atoms with Crippen molar-refractivity contribution >= 4 is 27.0 Å². The Morgan fingerprint density at radius 2 is 1.74 bits per heavy atom. The Bertz CT molecular complexity index is 1220. The maximum Gasteiger partial charge on any atom is 0.175 e. The van der Waals surface area contributed by atoms with Crippen molar-refractivity contribution in [3.05, 3.63) is 75.8 Å². The normalized spacial score (nSPS) is 11.7. The molecule has 0 aliphatic carbocycles. The molecule has 4 aromatic rings. The van der Waals surface area contributed by atoms with Crippen LogP contribution < -0.4 is 9.47 Å². The summed E-state index contributed by atoms with van der Waals surface area (Å²) >= 11 is 3.66. The van der Waals surface area contributed by atoms with Crippen LogP contribution in [0.5, 0.6) is 11.5 Å². The number of hydrogen-bond acceptors (Lipinski definition) is 3. The van der Waals surface area contributed by atoms with Gasteiger partial charge in [-0.2, -0.15) is 0 Å². The van der Waals surface area contributed by atoms with Gasteiger partial charge in [0.2, 0.25) is 0 Å². The number of ether oxygens (including phenoxy) is 2. The molecule has 5 heteroatoms. The number of benzene rings is 3. The van der Waals surface area contributed by atoms with Crippen molar-refractivity contribution in [2.24, 2.45) is 0 Å². The number of halogens is 1. The molecule has 31 heavy (non-hydrogen) atoms. The molecular formula is C26H27BrN2O2. The van der Waals surface area contributed by atoms with E-state index in [9.17, 15) is 0 Å². The minimum atomic E-state index is 0.136. The van der Waals surface area contributed by atoms with E-state index in [1.807, 2.05) is 18.2 Å². The van der Waals surface area contributed by atoms with Crippen molar-refractivity contribution in [3.63, 3.8) is 0 Å². The van der Waals surface area contributed by atoms with Crippen LogP contribution in [0.15, 0.2) is 59.1 Å². The van der Waals surface area contributed by atoms with E-state index in [-0.39, 0.29) is 5.41 Å². The second-order valence-electron chi connectivity index (χ2n) is 8.83. The number of methoxy groups -OCH3 is 1. The number of aromatic nitrogens is 2. The number of nitrogens with zero attached hydrogens (tertiary/aromatic N) is 1. The van der Waals surface area contributed by atoms with Gasteiger partial charge in [-0.05, 0) is 69.2 Å². The Balaban J connectivity index is 1.59. The molecule has 0 amide bonds. The van der Waals surface area contributed by atoms with Crippen molar-refractivity contribution in [3.8, 4) is 22.9 Å². The predicted octanol–water partition coefficient (Wildman–Crippen LogP) is 7.19. The first-order valence-corrected chi connectivity index (χ1v) is 11.1. The summed E-state index contributed by atoms with van der Waals surface area (Å²) in [5.41, 5.74) is 6.63. The smallest absolute Gasteiger partial charge is 0.175 e. The lowest BCUT2D eigenvalue weighted by Crippen LogP contribution is -2.10. The average molecular weight is 479 g/mol. The maximum atomic E-state index is 6.13. The van der Waals surface area contributed by atoms with Crippen LogP contribution in [0.1, 0.15) is 37.5 Å². The molecule has 4 rings (SSSR count). The molecule has 0 aliphatic heterocycles. The van der Waals surface area contributed by atoms with E-state index in [0.29, 0.717) is 18.1 Å². The summed E-state index contributed by atoms with van der Waals surface area (Å²) in [6, 6.07) is 18.7. The summed E-state index contributed by atoms with van der Waals surface area (Å²) in [6.07, 6.45) is 0. The number of aromatic amines is 1. The number of nitrogens with one attached hydrogen (secondary N) is 1. The third kappa shape index (κ3) is 4.62. The van der Waals surface area contributed by atoms with E-state index >= 15 is 0 Å². The van der Waals surface area contributed by atoms with Gasteiger partial charge in [-0.25, -0.2) is 4.98 Å². The van der Waals surface area contributed by atoms with Crippen LogP contribution in [-0.2, 0) is 12.0 Å². The van der Waals surface area contributed by atoms with Crippen LogP contribution in [-0.4, -0.2) is 17.1 Å². The van der Waals surface area contributed by atoms with Crippen molar-refractivity contribution in [1.82, 2.24) is 9.97 Å². The number of imidazole rings is 1. The van der Waals surface area contributed by atoms with Gasteiger partial charge in [-0.3, -0.25) is 0 Å². The maximum absolute atomic E-state index is 6.13. The van der Waals surface area contributed by atoms with Gasteiger partial charge in [-0.1, -0.05) is 51.1 Å². The molecule has 0 radical (unpaired) electrons. The van der Waals surface area contributed by atoms with Crippen LogP contribution in [0.3, 0.4) is 0 Å². The van der Waals surface area contributed by atoms with Gasteiger partial charge in [0.05, 0.1) is 22.6 Å². The van der Waals surface area contributed by atoms with Crippen LogP contribution in [0.25, 0.3) is 22.4 Å². The SMILES string of the molecule is COc1cc(-c2nc3ccc(C)cc3[nH]2)cc(Br)c1OCc1ccc(C(C)(C)C)cc1. The average Bonchev–Trinajstić information content (AvgIpc) is 3.15. The standard InChI is InChI=1S/C26H27BrN2O2/c1-16-6-11-21-22(12-16)29-25(28-21)18-13-20(27)24(23(14-18)30-5)31-15-17-7-9-19(10-8-17)26(2,3)4/h6-14H,15H2,1-5H3,(H,28,29). The molecule has 0 fully saturated rings. The summed E-state index contributed by atoms with van der Waals surface area (Å²) in [5.74, 6) is 2.13. The Labute approximate surface area is 191 Å². The van der Waals surface area contributed by atoms with Gasteiger partial charge in [0, 0.05) is 5.56 Å². The lowest BCUT2D eigenvalue weighted by molar-refractivity contribution is 0.282. The van der Waals surface area contributed by atoms with Crippen LogP contribution >= 0.6 is 15.9 Å². The zero-order valence-corrected chi connectivity index (χ0v) is 20.1. The highest BCUT2D eigenvalue weighted by molar-refractivity contribution is 9.10. The van der Waals surface area contributed by atoms with Gasteiger partial charge in [0.1, 0.15) is 12.4 Å². The second kappa shape index (κ2) is 8.39. The first kappa shape index (κ1) is 21.4. The van der Waals surface area contributed by atoms with Crippen LogP contribution in [0, 0.1) is 6.92 Å². The number of hydrogen-bond donors (Lipinski definition) is 1. The molecule has 0 saturated carbocycles. The first-order valence-electron chi connectivity index (χ1n) is 10.3. The summed E-state index contributed by atoms with van der Waals surface area (Å²) in [7, 11) is 1.65. The Morgan fingerprint density at radius 3 is 2.42 bits per heavy atom. The summed E-state index contributed by atoms with van der Waals surface area (Å²) in [6.45, 7) is 9.17. The van der Waals surface area contributed by atoms with Crippen molar-refractivity contribution in [1.29, 1.82) is 0 Å².